The minimum Gasteiger partial charge on any atom is -0.308 e. The molecule has 2 amide bonds. The molecule has 0 spiro atoms. The number of alkyl halides is 3. The number of carbonyl (C=O) groups is 2. The second kappa shape index (κ2) is 9.96. The molecular weight excluding hydrogens is 533 g/mol. The Kier molecular flexibility index (Phi) is 6.94. The van der Waals surface area contributed by atoms with E-state index in [9.17, 15) is 31.2 Å². The number of aliphatic imine (C=N–C) groups is 1. The summed E-state index contributed by atoms with van der Waals surface area (Å²) in [6.45, 7) is 5.45. The molecule has 1 atom stereocenters. The summed E-state index contributed by atoms with van der Waals surface area (Å²) in [5, 5.41) is 0. The molecule has 2 fully saturated rings. The highest BCUT2D eigenvalue weighted by atomic mass is 32.2. The zero-order valence-corrected chi connectivity index (χ0v) is 22.3. The van der Waals surface area contributed by atoms with Crippen molar-refractivity contribution in [1.82, 2.24) is 0 Å². The lowest BCUT2D eigenvalue weighted by atomic mass is 9.83. The Labute approximate surface area is 225 Å². The molecule has 0 radical (unpaired) electrons. The molecule has 0 bridgehead atoms. The standard InChI is InChI=1S/C27H29F3N4O4S/c1-17(35)34-23(15-31-2)16-32(26(36)18-5-3-6-18)25-13-19(7-8-24(25)34)20-11-21(27(28,29)30)14-22(12-20)33-9-4-10-39(33,37)38/h7-8,11-14,18,23H,2-6,9-10,15-16H2,1H3/t23-/m0/s1. The van der Waals surface area contributed by atoms with Gasteiger partial charge in [0.2, 0.25) is 21.8 Å². The van der Waals surface area contributed by atoms with Crippen molar-refractivity contribution in [2.24, 2.45) is 10.9 Å². The smallest absolute Gasteiger partial charge is 0.308 e. The second-order valence-electron chi connectivity index (χ2n) is 10.2. The summed E-state index contributed by atoms with van der Waals surface area (Å²) in [5.74, 6) is -0.626. The van der Waals surface area contributed by atoms with E-state index in [-0.39, 0.29) is 54.4 Å². The molecule has 2 aliphatic heterocycles. The van der Waals surface area contributed by atoms with Gasteiger partial charge in [0, 0.05) is 25.9 Å². The minimum atomic E-state index is -4.70. The Morgan fingerprint density at radius 3 is 2.36 bits per heavy atom. The van der Waals surface area contributed by atoms with Crippen molar-refractivity contribution >= 4 is 45.6 Å². The molecule has 0 aromatic heterocycles. The van der Waals surface area contributed by atoms with Crippen LogP contribution < -0.4 is 14.1 Å². The van der Waals surface area contributed by atoms with E-state index >= 15 is 0 Å². The number of rotatable bonds is 5. The van der Waals surface area contributed by atoms with Crippen LogP contribution >= 0.6 is 0 Å². The van der Waals surface area contributed by atoms with E-state index in [1.165, 1.54) is 13.0 Å². The van der Waals surface area contributed by atoms with Gasteiger partial charge in [-0.15, -0.1) is 0 Å². The molecule has 2 aromatic carbocycles. The predicted molar refractivity (Wildman–Crippen MR) is 144 cm³/mol. The van der Waals surface area contributed by atoms with Crippen LogP contribution in [0.5, 0.6) is 0 Å². The number of hydrogen-bond acceptors (Lipinski definition) is 5. The first-order valence-electron chi connectivity index (χ1n) is 12.8. The van der Waals surface area contributed by atoms with Crippen molar-refractivity contribution in [3.05, 3.63) is 42.0 Å². The minimum absolute atomic E-state index is 0.0556. The zero-order valence-electron chi connectivity index (χ0n) is 21.4. The third-order valence-corrected chi connectivity index (χ3v) is 9.52. The monoisotopic (exact) mass is 562 g/mol. The quantitative estimate of drug-likeness (QED) is 0.503. The molecule has 1 saturated heterocycles. The fourth-order valence-electron chi connectivity index (χ4n) is 5.52. The molecule has 208 valence electrons. The highest BCUT2D eigenvalue weighted by Gasteiger charge is 2.40. The van der Waals surface area contributed by atoms with Crippen LogP contribution in [-0.4, -0.2) is 58.4 Å². The maximum Gasteiger partial charge on any atom is 0.416 e. The van der Waals surface area contributed by atoms with Crippen molar-refractivity contribution in [2.45, 2.75) is 44.8 Å². The van der Waals surface area contributed by atoms with Gasteiger partial charge in [-0.25, -0.2) is 8.42 Å². The molecule has 2 heterocycles. The summed E-state index contributed by atoms with van der Waals surface area (Å²) in [6, 6.07) is 7.63. The molecule has 5 rings (SSSR count). The Morgan fingerprint density at radius 2 is 1.79 bits per heavy atom. The number of carbonyl (C=O) groups excluding carboxylic acids is 2. The normalized spacial score (nSPS) is 20.9. The van der Waals surface area contributed by atoms with Crippen LogP contribution in [0, 0.1) is 5.92 Å². The lowest BCUT2D eigenvalue weighted by Crippen LogP contribution is -2.55. The maximum absolute atomic E-state index is 13.9. The van der Waals surface area contributed by atoms with Gasteiger partial charge in [-0.1, -0.05) is 12.5 Å². The first-order chi connectivity index (χ1) is 18.4. The van der Waals surface area contributed by atoms with Crippen LogP contribution in [0.3, 0.4) is 0 Å². The van der Waals surface area contributed by atoms with E-state index in [1.54, 1.807) is 28.0 Å². The van der Waals surface area contributed by atoms with Crippen molar-refractivity contribution in [3.63, 3.8) is 0 Å². The molecule has 12 heteroatoms. The van der Waals surface area contributed by atoms with Gasteiger partial charge in [-0.2, -0.15) is 13.2 Å². The van der Waals surface area contributed by atoms with Crippen LogP contribution in [0.4, 0.5) is 30.2 Å². The number of amides is 2. The van der Waals surface area contributed by atoms with E-state index in [0.29, 0.717) is 23.4 Å². The van der Waals surface area contributed by atoms with Gasteiger partial charge in [0.1, 0.15) is 0 Å². The van der Waals surface area contributed by atoms with Crippen LogP contribution in [0.2, 0.25) is 0 Å². The zero-order chi connectivity index (χ0) is 28.1. The first-order valence-corrected chi connectivity index (χ1v) is 14.4. The Morgan fingerprint density at radius 1 is 1.05 bits per heavy atom. The maximum atomic E-state index is 13.9. The van der Waals surface area contributed by atoms with E-state index in [4.69, 9.17) is 0 Å². The van der Waals surface area contributed by atoms with Crippen molar-refractivity contribution < 1.29 is 31.2 Å². The third kappa shape index (κ3) is 5.02. The molecule has 1 aliphatic carbocycles. The molecule has 39 heavy (non-hydrogen) atoms. The first kappa shape index (κ1) is 27.2. The lowest BCUT2D eigenvalue weighted by molar-refractivity contribution is -0.137. The Hall–Kier alpha value is -3.41. The van der Waals surface area contributed by atoms with Gasteiger partial charge in [-0.3, -0.25) is 18.9 Å². The highest BCUT2D eigenvalue weighted by Crippen LogP contribution is 2.43. The average molecular weight is 563 g/mol. The molecule has 0 N–H and O–H groups in total. The Bertz CT molecular complexity index is 1440. The number of fused-ring (bicyclic) bond motifs is 1. The molecule has 1 saturated carbocycles. The topological polar surface area (TPSA) is 90.4 Å². The summed E-state index contributed by atoms with van der Waals surface area (Å²) >= 11 is 0. The summed E-state index contributed by atoms with van der Waals surface area (Å²) in [6.07, 6.45) is -1.92. The van der Waals surface area contributed by atoms with Crippen molar-refractivity contribution in [1.29, 1.82) is 0 Å². The van der Waals surface area contributed by atoms with Crippen LogP contribution in [0.15, 0.2) is 41.4 Å². The van der Waals surface area contributed by atoms with Crippen molar-refractivity contribution in [3.8, 4) is 11.1 Å². The van der Waals surface area contributed by atoms with Gasteiger partial charge in [0.25, 0.3) is 0 Å². The molecule has 2 aromatic rings. The van der Waals surface area contributed by atoms with E-state index < -0.39 is 27.8 Å². The molecule has 3 aliphatic rings. The number of nitrogens with zero attached hydrogens (tertiary/aromatic N) is 4. The number of benzene rings is 2. The van der Waals surface area contributed by atoms with Gasteiger partial charge in [0.05, 0.1) is 41.0 Å². The number of halogens is 3. The van der Waals surface area contributed by atoms with E-state index in [0.717, 1.165) is 35.7 Å². The molecule has 0 unspecified atom stereocenters. The largest absolute Gasteiger partial charge is 0.416 e. The molecular formula is C27H29F3N4O4S. The van der Waals surface area contributed by atoms with Gasteiger partial charge < -0.3 is 9.80 Å². The number of sulfonamides is 1. The summed E-state index contributed by atoms with van der Waals surface area (Å²) in [7, 11) is -3.72. The van der Waals surface area contributed by atoms with Crippen LogP contribution in [0.1, 0.15) is 38.2 Å². The van der Waals surface area contributed by atoms with Gasteiger partial charge >= 0.3 is 6.18 Å². The van der Waals surface area contributed by atoms with Crippen LogP contribution in [0.25, 0.3) is 11.1 Å². The van der Waals surface area contributed by atoms with Crippen LogP contribution in [-0.2, 0) is 25.8 Å². The van der Waals surface area contributed by atoms with Gasteiger partial charge in [0.15, 0.2) is 0 Å². The lowest BCUT2D eigenvalue weighted by Gasteiger charge is -2.43. The SMILES string of the molecule is C=NC[C@H]1CN(C(=O)C2CCC2)c2cc(-c3cc(N4CCCS4(=O)=O)cc(C(F)(F)F)c3)ccc2N1C(C)=O. The third-order valence-electron chi connectivity index (χ3n) is 7.65. The average Bonchev–Trinajstić information content (AvgIpc) is 3.20. The van der Waals surface area contributed by atoms with E-state index in [1.807, 2.05) is 0 Å². The Balaban J connectivity index is 1.65. The van der Waals surface area contributed by atoms with E-state index in [2.05, 4.69) is 11.7 Å². The fourth-order valence-corrected chi connectivity index (χ4v) is 7.07. The van der Waals surface area contributed by atoms with Gasteiger partial charge in [-0.05, 0) is 67.4 Å². The summed E-state index contributed by atoms with van der Waals surface area (Å²) in [4.78, 5) is 33.2. The summed E-state index contributed by atoms with van der Waals surface area (Å²) < 4.78 is 67.7. The summed E-state index contributed by atoms with van der Waals surface area (Å²) in [5.41, 5.74) is 0.387. The fraction of sp³-hybridized carbons (Fsp3) is 0.444. The second-order valence-corrected chi connectivity index (χ2v) is 12.3. The predicted octanol–water partition coefficient (Wildman–Crippen LogP) is 4.48. The number of hydrogen-bond donors (Lipinski definition) is 0. The highest BCUT2D eigenvalue weighted by molar-refractivity contribution is 7.93. The molecule has 8 nitrogen and oxygen atoms in total. The van der Waals surface area contributed by atoms with Crippen molar-refractivity contribution in [2.75, 3.05) is 39.5 Å². The number of anilines is 3.